The number of halogens is 1. The third kappa shape index (κ3) is 3.18. The SMILES string of the molecule is Oc1cccc2c1OC1(CCN(Cc3ccc(Cl)cc3)CC1)[C@H]1CCCO[C@H]21. The number of fused-ring (bicyclic) bond motifs is 4. The normalized spacial score (nSPS) is 26.3. The average molecular weight is 400 g/mol. The minimum Gasteiger partial charge on any atom is -0.504 e. The summed E-state index contributed by atoms with van der Waals surface area (Å²) in [4.78, 5) is 2.48. The molecule has 5 heteroatoms. The first-order valence-corrected chi connectivity index (χ1v) is 10.6. The van der Waals surface area contributed by atoms with Gasteiger partial charge in [-0.3, -0.25) is 4.90 Å². The number of likely N-dealkylation sites (tertiary alicyclic amines) is 1. The lowest BCUT2D eigenvalue weighted by atomic mass is 9.70. The van der Waals surface area contributed by atoms with Gasteiger partial charge < -0.3 is 14.6 Å². The van der Waals surface area contributed by atoms with Gasteiger partial charge in [-0.05, 0) is 36.6 Å². The Hall–Kier alpha value is -1.75. The van der Waals surface area contributed by atoms with E-state index in [1.807, 2.05) is 24.3 Å². The van der Waals surface area contributed by atoms with Crippen LogP contribution in [0.25, 0.3) is 0 Å². The first-order chi connectivity index (χ1) is 13.6. The summed E-state index contributed by atoms with van der Waals surface area (Å²) in [7, 11) is 0. The Labute approximate surface area is 171 Å². The molecule has 0 unspecified atom stereocenters. The minimum absolute atomic E-state index is 0.0346. The molecular weight excluding hydrogens is 374 g/mol. The van der Waals surface area contributed by atoms with Gasteiger partial charge in [0.1, 0.15) is 5.60 Å². The number of benzene rings is 2. The molecule has 0 aliphatic carbocycles. The number of rotatable bonds is 2. The van der Waals surface area contributed by atoms with Crippen LogP contribution in [-0.2, 0) is 11.3 Å². The third-order valence-electron chi connectivity index (χ3n) is 6.66. The molecule has 0 radical (unpaired) electrons. The van der Waals surface area contributed by atoms with Gasteiger partial charge in [0.05, 0.1) is 6.10 Å². The van der Waals surface area contributed by atoms with Crippen LogP contribution in [0.5, 0.6) is 11.5 Å². The highest BCUT2D eigenvalue weighted by Crippen LogP contribution is 2.55. The average Bonchev–Trinajstić information content (AvgIpc) is 2.73. The van der Waals surface area contributed by atoms with Crippen LogP contribution in [0.3, 0.4) is 0 Å². The number of phenolic OH excluding ortho intramolecular Hbond substituents is 1. The van der Waals surface area contributed by atoms with Gasteiger partial charge in [0.2, 0.25) is 0 Å². The van der Waals surface area contributed by atoms with Crippen LogP contribution in [0.1, 0.15) is 42.9 Å². The second kappa shape index (κ2) is 7.25. The lowest BCUT2D eigenvalue weighted by Crippen LogP contribution is -2.57. The zero-order chi connectivity index (χ0) is 19.1. The fourth-order valence-electron chi connectivity index (χ4n) is 5.19. The van der Waals surface area contributed by atoms with E-state index < -0.39 is 0 Å². The quantitative estimate of drug-likeness (QED) is 0.776. The van der Waals surface area contributed by atoms with Gasteiger partial charge in [-0.1, -0.05) is 35.9 Å². The highest BCUT2D eigenvalue weighted by Gasteiger charge is 2.52. The molecule has 2 saturated heterocycles. The van der Waals surface area contributed by atoms with Crippen molar-refractivity contribution in [3.05, 3.63) is 58.6 Å². The van der Waals surface area contributed by atoms with E-state index in [9.17, 15) is 5.11 Å². The molecule has 3 aliphatic heterocycles. The van der Waals surface area contributed by atoms with Crippen molar-refractivity contribution in [2.75, 3.05) is 19.7 Å². The van der Waals surface area contributed by atoms with Crippen molar-refractivity contribution in [1.29, 1.82) is 0 Å². The Bertz CT molecular complexity index is 845. The Morgan fingerprint density at radius 2 is 1.89 bits per heavy atom. The van der Waals surface area contributed by atoms with E-state index in [-0.39, 0.29) is 17.5 Å². The van der Waals surface area contributed by atoms with Crippen LogP contribution in [-0.4, -0.2) is 35.3 Å². The molecule has 5 rings (SSSR count). The van der Waals surface area contributed by atoms with Crippen molar-refractivity contribution < 1.29 is 14.6 Å². The van der Waals surface area contributed by atoms with Crippen molar-refractivity contribution in [3.8, 4) is 11.5 Å². The molecule has 2 fully saturated rings. The maximum absolute atomic E-state index is 10.4. The summed E-state index contributed by atoms with van der Waals surface area (Å²) in [5.41, 5.74) is 2.05. The van der Waals surface area contributed by atoms with Crippen LogP contribution < -0.4 is 4.74 Å². The van der Waals surface area contributed by atoms with E-state index in [0.717, 1.165) is 62.5 Å². The van der Waals surface area contributed by atoms with Crippen LogP contribution in [0.15, 0.2) is 42.5 Å². The van der Waals surface area contributed by atoms with Crippen molar-refractivity contribution in [3.63, 3.8) is 0 Å². The van der Waals surface area contributed by atoms with Crippen molar-refractivity contribution in [1.82, 2.24) is 4.90 Å². The minimum atomic E-state index is -0.243. The summed E-state index contributed by atoms with van der Waals surface area (Å²) in [6, 6.07) is 13.8. The molecular formula is C23H26ClNO3. The number of para-hydroxylation sites is 1. The summed E-state index contributed by atoms with van der Waals surface area (Å²) in [5, 5.41) is 11.2. The van der Waals surface area contributed by atoms with Crippen LogP contribution >= 0.6 is 11.6 Å². The molecule has 2 atom stereocenters. The maximum atomic E-state index is 10.4. The summed E-state index contributed by atoms with van der Waals surface area (Å²) < 4.78 is 12.8. The number of ether oxygens (including phenoxy) is 2. The molecule has 2 aromatic rings. The van der Waals surface area contributed by atoms with E-state index >= 15 is 0 Å². The second-order valence-corrected chi connectivity index (χ2v) is 8.74. The number of piperidine rings is 1. The van der Waals surface area contributed by atoms with E-state index in [2.05, 4.69) is 17.0 Å². The maximum Gasteiger partial charge on any atom is 0.167 e. The Kier molecular flexibility index (Phi) is 4.74. The van der Waals surface area contributed by atoms with Gasteiger partial charge in [-0.2, -0.15) is 0 Å². The molecule has 0 bridgehead atoms. The lowest BCUT2D eigenvalue weighted by Gasteiger charge is -2.53. The van der Waals surface area contributed by atoms with Gasteiger partial charge in [-0.15, -0.1) is 0 Å². The lowest BCUT2D eigenvalue weighted by molar-refractivity contribution is -0.150. The van der Waals surface area contributed by atoms with Gasteiger partial charge in [0.15, 0.2) is 11.5 Å². The fraction of sp³-hybridized carbons (Fsp3) is 0.478. The number of hydrogen-bond donors (Lipinski definition) is 1. The van der Waals surface area contributed by atoms with Crippen molar-refractivity contribution in [2.24, 2.45) is 5.92 Å². The molecule has 3 aliphatic rings. The van der Waals surface area contributed by atoms with Crippen molar-refractivity contribution >= 4 is 11.6 Å². The van der Waals surface area contributed by atoms with E-state index in [1.165, 1.54) is 5.56 Å². The van der Waals surface area contributed by atoms with Gasteiger partial charge in [-0.25, -0.2) is 0 Å². The molecule has 0 saturated carbocycles. The molecule has 4 nitrogen and oxygen atoms in total. The smallest absolute Gasteiger partial charge is 0.167 e. The highest BCUT2D eigenvalue weighted by molar-refractivity contribution is 6.30. The Morgan fingerprint density at radius 1 is 1.11 bits per heavy atom. The number of phenols is 1. The predicted molar refractivity (Wildman–Crippen MR) is 109 cm³/mol. The summed E-state index contributed by atoms with van der Waals surface area (Å²) in [6.45, 7) is 3.68. The number of hydrogen-bond acceptors (Lipinski definition) is 4. The Balaban J connectivity index is 1.36. The van der Waals surface area contributed by atoms with Crippen molar-refractivity contribution in [2.45, 2.75) is 43.9 Å². The standard InChI is InChI=1S/C23H26ClNO3/c24-17-8-6-16(7-9-17)15-25-12-10-23(11-13-25)19-4-2-14-27-21(19)18-3-1-5-20(26)22(18)28-23/h1,3,5-9,19,21,26H,2,4,10-15H2/t19-,21+/m0/s1. The summed E-state index contributed by atoms with van der Waals surface area (Å²) >= 11 is 6.01. The topological polar surface area (TPSA) is 41.9 Å². The zero-order valence-corrected chi connectivity index (χ0v) is 16.7. The molecule has 1 N–H and O–H groups in total. The molecule has 3 heterocycles. The molecule has 1 spiro atoms. The molecule has 2 aromatic carbocycles. The first-order valence-electron chi connectivity index (χ1n) is 10.2. The van der Waals surface area contributed by atoms with Gasteiger partial charge in [0, 0.05) is 55.6 Å². The summed E-state index contributed by atoms with van der Waals surface area (Å²) in [6.07, 6.45) is 4.15. The van der Waals surface area contributed by atoms with Gasteiger partial charge in [0.25, 0.3) is 0 Å². The predicted octanol–water partition coefficient (Wildman–Crippen LogP) is 4.94. The molecule has 28 heavy (non-hydrogen) atoms. The van der Waals surface area contributed by atoms with Gasteiger partial charge >= 0.3 is 0 Å². The molecule has 0 aromatic heterocycles. The highest BCUT2D eigenvalue weighted by atomic mass is 35.5. The van der Waals surface area contributed by atoms with E-state index in [4.69, 9.17) is 21.1 Å². The third-order valence-corrected chi connectivity index (χ3v) is 6.91. The van der Waals surface area contributed by atoms with Crippen LogP contribution in [0, 0.1) is 5.92 Å². The zero-order valence-electron chi connectivity index (χ0n) is 15.9. The molecule has 148 valence electrons. The van der Waals surface area contributed by atoms with Crippen LogP contribution in [0.4, 0.5) is 0 Å². The first kappa shape index (κ1) is 18.3. The van der Waals surface area contributed by atoms with Crippen LogP contribution in [0.2, 0.25) is 5.02 Å². The van der Waals surface area contributed by atoms with E-state index in [0.29, 0.717) is 11.7 Å². The largest absolute Gasteiger partial charge is 0.504 e. The monoisotopic (exact) mass is 399 g/mol. The number of nitrogens with zero attached hydrogens (tertiary/aromatic N) is 1. The summed E-state index contributed by atoms with van der Waals surface area (Å²) in [5.74, 6) is 1.22. The van der Waals surface area contributed by atoms with E-state index in [1.54, 1.807) is 6.07 Å². The fourth-order valence-corrected chi connectivity index (χ4v) is 5.32. The Morgan fingerprint density at radius 3 is 2.68 bits per heavy atom. The second-order valence-electron chi connectivity index (χ2n) is 8.31. The molecule has 0 amide bonds. The number of aromatic hydroxyl groups is 1.